The molecule has 0 saturated carbocycles. The van der Waals surface area contributed by atoms with Crippen LogP contribution >= 0.6 is 11.8 Å². The SMILES string of the molecule is CSCCC(NC(=O)CNC(=O)C(N)C(C)C)C(=O)NC(CC(N)=O)C(=O)O. The predicted molar refractivity (Wildman–Crippen MR) is 104 cm³/mol. The molecule has 0 aliphatic rings. The van der Waals surface area contributed by atoms with E-state index < -0.39 is 54.1 Å². The molecule has 0 fully saturated rings. The second kappa shape index (κ2) is 12.9. The highest BCUT2D eigenvalue weighted by molar-refractivity contribution is 7.98. The number of carboxylic acid groups (broad SMARTS) is 1. The van der Waals surface area contributed by atoms with Gasteiger partial charge in [0.15, 0.2) is 0 Å². The van der Waals surface area contributed by atoms with Crippen LogP contribution in [0.3, 0.4) is 0 Å². The smallest absolute Gasteiger partial charge is 0.326 e. The second-order valence-corrected chi connectivity index (χ2v) is 7.44. The van der Waals surface area contributed by atoms with Gasteiger partial charge in [-0.3, -0.25) is 19.2 Å². The Labute approximate surface area is 167 Å². The van der Waals surface area contributed by atoms with E-state index in [2.05, 4.69) is 16.0 Å². The van der Waals surface area contributed by atoms with E-state index in [0.717, 1.165) is 0 Å². The third-order valence-electron chi connectivity index (χ3n) is 3.73. The minimum absolute atomic E-state index is 0.110. The first-order valence-electron chi connectivity index (χ1n) is 8.62. The number of carboxylic acids is 1. The molecule has 0 spiro atoms. The molecule has 4 amide bonds. The topological polar surface area (TPSA) is 194 Å². The summed E-state index contributed by atoms with van der Waals surface area (Å²) in [7, 11) is 0. The second-order valence-electron chi connectivity index (χ2n) is 6.46. The van der Waals surface area contributed by atoms with Gasteiger partial charge in [-0.2, -0.15) is 11.8 Å². The standard InChI is InChI=1S/C16H29N5O6S/c1-8(2)13(18)15(25)19-7-12(23)20-9(4-5-28-3)14(24)21-10(16(26)27)6-11(17)22/h8-10,13H,4-7,18H2,1-3H3,(H2,17,22)(H,19,25)(H,20,23)(H,21,24)(H,26,27). The minimum atomic E-state index is -1.50. The molecule has 0 bridgehead atoms. The highest BCUT2D eigenvalue weighted by atomic mass is 32.2. The molecule has 0 heterocycles. The Kier molecular flexibility index (Phi) is 11.9. The van der Waals surface area contributed by atoms with Crippen molar-refractivity contribution >= 4 is 41.4 Å². The molecule has 0 aliphatic heterocycles. The van der Waals surface area contributed by atoms with Crippen molar-refractivity contribution < 1.29 is 29.1 Å². The number of hydrogen-bond donors (Lipinski definition) is 6. The fraction of sp³-hybridized carbons (Fsp3) is 0.688. The zero-order valence-corrected chi connectivity index (χ0v) is 17.0. The first-order valence-corrected chi connectivity index (χ1v) is 10.0. The quantitative estimate of drug-likeness (QED) is 0.193. The molecule has 0 aliphatic carbocycles. The van der Waals surface area contributed by atoms with Gasteiger partial charge in [0.05, 0.1) is 19.0 Å². The van der Waals surface area contributed by atoms with E-state index >= 15 is 0 Å². The van der Waals surface area contributed by atoms with Gasteiger partial charge in [-0.05, 0) is 24.3 Å². The molecule has 11 nitrogen and oxygen atoms in total. The average molecular weight is 420 g/mol. The third-order valence-corrected chi connectivity index (χ3v) is 4.37. The molecule has 28 heavy (non-hydrogen) atoms. The fourth-order valence-corrected chi connectivity index (χ4v) is 2.48. The number of nitrogens with one attached hydrogen (secondary N) is 3. The summed E-state index contributed by atoms with van der Waals surface area (Å²) in [5, 5.41) is 16.1. The van der Waals surface area contributed by atoms with E-state index in [1.165, 1.54) is 11.8 Å². The molecule has 3 unspecified atom stereocenters. The van der Waals surface area contributed by atoms with Crippen molar-refractivity contribution in [3.05, 3.63) is 0 Å². The van der Waals surface area contributed by atoms with Crippen LogP contribution in [-0.2, 0) is 24.0 Å². The predicted octanol–water partition coefficient (Wildman–Crippen LogP) is -2.23. The number of amides is 4. The van der Waals surface area contributed by atoms with E-state index in [0.29, 0.717) is 5.75 Å². The van der Waals surface area contributed by atoms with Gasteiger partial charge in [-0.25, -0.2) is 4.79 Å². The Morgan fingerprint density at radius 2 is 1.64 bits per heavy atom. The lowest BCUT2D eigenvalue weighted by Crippen LogP contribution is -2.54. The van der Waals surface area contributed by atoms with Crippen molar-refractivity contribution in [2.24, 2.45) is 17.4 Å². The van der Waals surface area contributed by atoms with Gasteiger partial charge in [0.25, 0.3) is 0 Å². The highest BCUT2D eigenvalue weighted by Gasteiger charge is 2.27. The maximum absolute atomic E-state index is 12.4. The Morgan fingerprint density at radius 1 is 1.04 bits per heavy atom. The van der Waals surface area contributed by atoms with Gasteiger partial charge in [-0.15, -0.1) is 0 Å². The minimum Gasteiger partial charge on any atom is -0.480 e. The van der Waals surface area contributed by atoms with Crippen LogP contribution in [0.2, 0.25) is 0 Å². The summed E-state index contributed by atoms with van der Waals surface area (Å²) < 4.78 is 0. The van der Waals surface area contributed by atoms with Crippen molar-refractivity contribution in [3.63, 3.8) is 0 Å². The Bertz CT molecular complexity index is 586. The van der Waals surface area contributed by atoms with Crippen LogP contribution in [0.4, 0.5) is 0 Å². The van der Waals surface area contributed by atoms with Crippen LogP contribution in [0.25, 0.3) is 0 Å². The lowest BCUT2D eigenvalue weighted by atomic mass is 10.1. The monoisotopic (exact) mass is 419 g/mol. The Hall–Kier alpha value is -2.34. The lowest BCUT2D eigenvalue weighted by molar-refractivity contribution is -0.143. The number of nitrogens with two attached hydrogens (primary N) is 2. The summed E-state index contributed by atoms with van der Waals surface area (Å²) in [4.78, 5) is 58.3. The molecule has 12 heteroatoms. The molecule has 160 valence electrons. The molecule has 0 aromatic carbocycles. The number of rotatable bonds is 13. The van der Waals surface area contributed by atoms with Crippen molar-refractivity contribution in [1.82, 2.24) is 16.0 Å². The van der Waals surface area contributed by atoms with Crippen molar-refractivity contribution in [3.8, 4) is 0 Å². The van der Waals surface area contributed by atoms with E-state index in [4.69, 9.17) is 16.6 Å². The Morgan fingerprint density at radius 3 is 2.11 bits per heavy atom. The summed E-state index contributed by atoms with van der Waals surface area (Å²) in [5.41, 5.74) is 10.7. The molecule has 0 radical (unpaired) electrons. The number of aliphatic carboxylic acids is 1. The number of thioether (sulfide) groups is 1. The molecular weight excluding hydrogens is 390 g/mol. The summed E-state index contributed by atoms with van der Waals surface area (Å²) in [6.07, 6.45) is 1.45. The Balaban J connectivity index is 4.89. The van der Waals surface area contributed by atoms with Gasteiger partial charge in [-0.1, -0.05) is 13.8 Å². The number of primary amides is 1. The average Bonchev–Trinajstić information content (AvgIpc) is 2.60. The van der Waals surface area contributed by atoms with E-state index in [9.17, 15) is 24.0 Å². The van der Waals surface area contributed by atoms with Crippen LogP contribution in [-0.4, -0.2) is 71.4 Å². The van der Waals surface area contributed by atoms with Crippen LogP contribution in [0.1, 0.15) is 26.7 Å². The van der Waals surface area contributed by atoms with Gasteiger partial charge in [0.1, 0.15) is 12.1 Å². The molecule has 0 aromatic rings. The first kappa shape index (κ1) is 25.7. The van der Waals surface area contributed by atoms with E-state index in [-0.39, 0.29) is 18.9 Å². The van der Waals surface area contributed by atoms with Crippen LogP contribution < -0.4 is 27.4 Å². The van der Waals surface area contributed by atoms with Gasteiger partial charge in [0.2, 0.25) is 23.6 Å². The summed E-state index contributed by atoms with van der Waals surface area (Å²) >= 11 is 1.43. The number of hydrogen-bond acceptors (Lipinski definition) is 7. The fourth-order valence-electron chi connectivity index (χ4n) is 2.01. The van der Waals surface area contributed by atoms with Gasteiger partial charge < -0.3 is 32.5 Å². The maximum Gasteiger partial charge on any atom is 0.326 e. The third kappa shape index (κ3) is 10.1. The lowest BCUT2D eigenvalue weighted by Gasteiger charge is -2.21. The zero-order chi connectivity index (χ0) is 21.9. The van der Waals surface area contributed by atoms with Crippen molar-refractivity contribution in [1.29, 1.82) is 0 Å². The van der Waals surface area contributed by atoms with Gasteiger partial charge in [0, 0.05) is 0 Å². The molecule has 3 atom stereocenters. The van der Waals surface area contributed by atoms with Crippen LogP contribution in [0, 0.1) is 5.92 Å². The molecule has 0 saturated heterocycles. The number of carbonyl (C=O) groups excluding carboxylic acids is 4. The van der Waals surface area contributed by atoms with Crippen molar-refractivity contribution in [2.75, 3.05) is 18.6 Å². The molecule has 0 rings (SSSR count). The normalized spacial score (nSPS) is 13.9. The van der Waals surface area contributed by atoms with E-state index in [1.54, 1.807) is 20.1 Å². The summed E-state index contributed by atoms with van der Waals surface area (Å²) in [5.74, 6) is -3.80. The summed E-state index contributed by atoms with van der Waals surface area (Å²) in [6.45, 7) is 3.14. The molecule has 0 aromatic heterocycles. The van der Waals surface area contributed by atoms with Gasteiger partial charge >= 0.3 is 5.97 Å². The number of carbonyl (C=O) groups is 5. The molecule has 8 N–H and O–H groups in total. The van der Waals surface area contributed by atoms with Crippen LogP contribution in [0.15, 0.2) is 0 Å². The van der Waals surface area contributed by atoms with Crippen LogP contribution in [0.5, 0.6) is 0 Å². The highest BCUT2D eigenvalue weighted by Crippen LogP contribution is 2.03. The first-order chi connectivity index (χ1) is 13.0. The van der Waals surface area contributed by atoms with E-state index in [1.807, 2.05) is 0 Å². The largest absolute Gasteiger partial charge is 0.480 e. The zero-order valence-electron chi connectivity index (χ0n) is 16.2. The molecular formula is C16H29N5O6S. The summed E-state index contributed by atoms with van der Waals surface area (Å²) in [6, 6.07) is -3.30. The maximum atomic E-state index is 12.4. The van der Waals surface area contributed by atoms with Crippen molar-refractivity contribution in [2.45, 2.75) is 44.8 Å².